The van der Waals surface area contributed by atoms with Gasteiger partial charge in [0.05, 0.1) is 20.3 Å². The van der Waals surface area contributed by atoms with Gasteiger partial charge in [-0.3, -0.25) is 0 Å². The molecule has 0 amide bonds. The molecular formula is C15H25NO5S. The smallest absolute Gasteiger partial charge is 0.244 e. The fraction of sp³-hybridized carbons (Fsp3) is 0.600. The number of aliphatic hydroxyl groups is 1. The minimum atomic E-state index is -3.71. The van der Waals surface area contributed by atoms with E-state index >= 15 is 0 Å². The first kappa shape index (κ1) is 18.7. The van der Waals surface area contributed by atoms with Crippen LogP contribution in [0.1, 0.15) is 27.2 Å². The van der Waals surface area contributed by atoms with Crippen LogP contribution in [0.5, 0.6) is 11.5 Å². The van der Waals surface area contributed by atoms with Gasteiger partial charge in [0, 0.05) is 12.6 Å². The Morgan fingerprint density at radius 1 is 1.23 bits per heavy atom. The van der Waals surface area contributed by atoms with Crippen molar-refractivity contribution in [1.82, 2.24) is 4.72 Å². The zero-order valence-corrected chi connectivity index (χ0v) is 14.5. The van der Waals surface area contributed by atoms with E-state index in [4.69, 9.17) is 9.47 Å². The summed E-state index contributed by atoms with van der Waals surface area (Å²) < 4.78 is 37.3. The van der Waals surface area contributed by atoms with Gasteiger partial charge < -0.3 is 14.6 Å². The van der Waals surface area contributed by atoms with Gasteiger partial charge in [-0.1, -0.05) is 20.8 Å². The predicted molar refractivity (Wildman–Crippen MR) is 84.8 cm³/mol. The molecule has 6 nitrogen and oxygen atoms in total. The third-order valence-electron chi connectivity index (χ3n) is 3.37. The lowest BCUT2D eigenvalue weighted by Crippen LogP contribution is -2.32. The van der Waals surface area contributed by atoms with Crippen LogP contribution in [0.4, 0.5) is 0 Å². The van der Waals surface area contributed by atoms with Gasteiger partial charge in [0.2, 0.25) is 10.0 Å². The molecule has 0 aromatic heterocycles. The Hall–Kier alpha value is -1.31. The molecule has 126 valence electrons. The Labute approximate surface area is 132 Å². The van der Waals surface area contributed by atoms with Crippen molar-refractivity contribution in [3.05, 3.63) is 18.2 Å². The Kier molecular flexibility index (Phi) is 6.22. The lowest BCUT2D eigenvalue weighted by Gasteiger charge is -2.25. The Morgan fingerprint density at radius 2 is 1.86 bits per heavy atom. The van der Waals surface area contributed by atoms with Gasteiger partial charge in [0.25, 0.3) is 0 Å². The topological polar surface area (TPSA) is 84.9 Å². The summed E-state index contributed by atoms with van der Waals surface area (Å²) in [5, 5.41) is 9.95. The number of methoxy groups -OCH3 is 2. The van der Waals surface area contributed by atoms with Crippen LogP contribution in [0.3, 0.4) is 0 Å². The Bertz CT molecular complexity index is 592. The zero-order valence-electron chi connectivity index (χ0n) is 13.7. The molecule has 0 aliphatic carbocycles. The minimum absolute atomic E-state index is 0.0426. The van der Waals surface area contributed by atoms with Crippen LogP contribution >= 0.6 is 0 Å². The standard InChI is InChI=1S/C15H25NO5S/c1-15(2,3)14(17)8-9-16-22(18,19)13-7-6-11(20-4)10-12(13)21-5/h6-7,10,14,16-17H,8-9H2,1-5H3. The first-order valence-electron chi connectivity index (χ1n) is 7.01. The van der Waals surface area contributed by atoms with Crippen LogP contribution in [0.2, 0.25) is 0 Å². The van der Waals surface area contributed by atoms with Gasteiger partial charge in [-0.05, 0) is 24.0 Å². The first-order chi connectivity index (χ1) is 10.1. The number of ether oxygens (including phenoxy) is 2. The molecule has 0 spiro atoms. The molecular weight excluding hydrogens is 306 g/mol. The third-order valence-corrected chi connectivity index (χ3v) is 4.87. The molecule has 0 fully saturated rings. The van der Waals surface area contributed by atoms with E-state index in [9.17, 15) is 13.5 Å². The average Bonchev–Trinajstić information content (AvgIpc) is 2.45. The van der Waals surface area contributed by atoms with E-state index in [1.165, 1.54) is 26.4 Å². The van der Waals surface area contributed by atoms with Crippen molar-refractivity contribution >= 4 is 10.0 Å². The molecule has 0 saturated carbocycles. The molecule has 0 bridgehead atoms. The van der Waals surface area contributed by atoms with E-state index in [-0.39, 0.29) is 22.6 Å². The molecule has 1 rings (SSSR count). The Morgan fingerprint density at radius 3 is 2.36 bits per heavy atom. The number of rotatable bonds is 7. The highest BCUT2D eigenvalue weighted by Crippen LogP contribution is 2.28. The summed E-state index contributed by atoms with van der Waals surface area (Å²) in [5.41, 5.74) is -0.288. The summed E-state index contributed by atoms with van der Waals surface area (Å²) in [7, 11) is -0.816. The van der Waals surface area contributed by atoms with Crippen LogP contribution in [0.15, 0.2) is 23.1 Å². The second-order valence-electron chi connectivity index (χ2n) is 6.09. The van der Waals surface area contributed by atoms with E-state index < -0.39 is 16.1 Å². The van der Waals surface area contributed by atoms with E-state index in [1.54, 1.807) is 6.07 Å². The molecule has 2 N–H and O–H groups in total. The fourth-order valence-electron chi connectivity index (χ4n) is 1.84. The monoisotopic (exact) mass is 331 g/mol. The molecule has 7 heteroatoms. The van der Waals surface area contributed by atoms with Crippen molar-refractivity contribution in [2.45, 2.75) is 38.2 Å². The van der Waals surface area contributed by atoms with Gasteiger partial charge in [0.15, 0.2) is 0 Å². The van der Waals surface area contributed by atoms with Crippen LogP contribution < -0.4 is 14.2 Å². The van der Waals surface area contributed by atoms with Gasteiger partial charge in [-0.15, -0.1) is 0 Å². The van der Waals surface area contributed by atoms with Crippen molar-refractivity contribution < 1.29 is 23.0 Å². The summed E-state index contributed by atoms with van der Waals surface area (Å²) in [6.07, 6.45) is -0.255. The van der Waals surface area contributed by atoms with E-state index in [2.05, 4.69) is 4.72 Å². The van der Waals surface area contributed by atoms with Gasteiger partial charge in [-0.25, -0.2) is 13.1 Å². The van der Waals surface area contributed by atoms with Gasteiger partial charge >= 0.3 is 0 Å². The molecule has 0 aliphatic heterocycles. The fourth-order valence-corrected chi connectivity index (χ4v) is 3.03. The maximum Gasteiger partial charge on any atom is 0.244 e. The highest BCUT2D eigenvalue weighted by molar-refractivity contribution is 7.89. The summed E-state index contributed by atoms with van der Waals surface area (Å²) in [5.74, 6) is 0.724. The average molecular weight is 331 g/mol. The second-order valence-corrected chi connectivity index (χ2v) is 7.82. The maximum atomic E-state index is 12.3. The minimum Gasteiger partial charge on any atom is -0.497 e. The third kappa shape index (κ3) is 4.86. The first-order valence-corrected chi connectivity index (χ1v) is 8.50. The summed E-state index contributed by atoms with van der Waals surface area (Å²) in [6.45, 7) is 5.85. The number of benzene rings is 1. The zero-order chi connectivity index (χ0) is 17.0. The molecule has 0 heterocycles. The molecule has 0 saturated heterocycles. The van der Waals surface area contributed by atoms with Crippen LogP contribution in [0, 0.1) is 5.41 Å². The van der Waals surface area contributed by atoms with Gasteiger partial charge in [-0.2, -0.15) is 0 Å². The number of hydrogen-bond donors (Lipinski definition) is 2. The quantitative estimate of drug-likeness (QED) is 0.795. The van der Waals surface area contributed by atoms with Crippen molar-refractivity contribution in [3.8, 4) is 11.5 Å². The second kappa shape index (κ2) is 7.30. The predicted octanol–water partition coefficient (Wildman–Crippen LogP) is 1.78. The number of nitrogens with one attached hydrogen (secondary N) is 1. The van der Waals surface area contributed by atoms with E-state index in [1.807, 2.05) is 20.8 Å². The summed E-state index contributed by atoms with van der Waals surface area (Å²) in [6, 6.07) is 4.50. The van der Waals surface area contributed by atoms with Crippen molar-refractivity contribution in [2.24, 2.45) is 5.41 Å². The SMILES string of the molecule is COc1ccc(S(=O)(=O)NCCC(O)C(C)(C)C)c(OC)c1. The normalized spacial score (nSPS) is 13.7. The van der Waals surface area contributed by atoms with Crippen LogP contribution in [0.25, 0.3) is 0 Å². The van der Waals surface area contributed by atoms with Crippen LogP contribution in [-0.4, -0.2) is 40.4 Å². The maximum absolute atomic E-state index is 12.3. The molecule has 22 heavy (non-hydrogen) atoms. The van der Waals surface area contributed by atoms with E-state index in [0.717, 1.165) is 0 Å². The largest absolute Gasteiger partial charge is 0.497 e. The molecule has 1 aromatic carbocycles. The highest BCUT2D eigenvalue weighted by atomic mass is 32.2. The molecule has 1 atom stereocenters. The van der Waals surface area contributed by atoms with Gasteiger partial charge in [0.1, 0.15) is 16.4 Å². The summed E-state index contributed by atoms with van der Waals surface area (Å²) in [4.78, 5) is 0.0426. The molecule has 1 unspecified atom stereocenters. The number of aliphatic hydroxyl groups excluding tert-OH is 1. The number of sulfonamides is 1. The van der Waals surface area contributed by atoms with Crippen molar-refractivity contribution in [1.29, 1.82) is 0 Å². The summed E-state index contributed by atoms with van der Waals surface area (Å²) >= 11 is 0. The van der Waals surface area contributed by atoms with Crippen LogP contribution in [-0.2, 0) is 10.0 Å². The van der Waals surface area contributed by atoms with E-state index in [0.29, 0.717) is 12.2 Å². The lowest BCUT2D eigenvalue weighted by molar-refractivity contribution is 0.0571. The molecule has 1 aromatic rings. The van der Waals surface area contributed by atoms with Crippen molar-refractivity contribution in [2.75, 3.05) is 20.8 Å². The molecule has 0 radical (unpaired) electrons. The lowest BCUT2D eigenvalue weighted by atomic mass is 9.87. The number of hydrogen-bond acceptors (Lipinski definition) is 5. The Balaban J connectivity index is 2.83. The van der Waals surface area contributed by atoms with Crippen molar-refractivity contribution in [3.63, 3.8) is 0 Å². The molecule has 0 aliphatic rings. The highest BCUT2D eigenvalue weighted by Gasteiger charge is 2.24.